The number of hydrogen-bond acceptors (Lipinski definition) is 8. The second-order valence-electron chi connectivity index (χ2n) is 6.61. The quantitative estimate of drug-likeness (QED) is 0.324. The monoisotopic (exact) mass is 579 g/mol. The average molecular weight is 580 g/mol. The zero-order valence-electron chi connectivity index (χ0n) is 18.8. The average Bonchev–Trinajstić information content (AvgIpc) is 3.15. The number of halogens is 4. The molecule has 0 saturated carbocycles. The van der Waals surface area contributed by atoms with Gasteiger partial charge < -0.3 is 24.3 Å². The lowest BCUT2D eigenvalue weighted by Gasteiger charge is -2.09. The van der Waals surface area contributed by atoms with E-state index in [1.165, 1.54) is 20.3 Å². The largest absolute Gasteiger partial charge is 0.496 e. The summed E-state index contributed by atoms with van der Waals surface area (Å²) in [5.41, 5.74) is 0.954. The van der Waals surface area contributed by atoms with Crippen LogP contribution in [0, 0.1) is 0 Å². The van der Waals surface area contributed by atoms with Crippen molar-refractivity contribution in [2.24, 2.45) is 0 Å². The fourth-order valence-electron chi connectivity index (χ4n) is 2.69. The molecule has 0 spiro atoms. The fraction of sp³-hybridized carbons (Fsp3) is 0.318. The van der Waals surface area contributed by atoms with Crippen LogP contribution in [0.3, 0.4) is 0 Å². The van der Waals surface area contributed by atoms with Crippen molar-refractivity contribution in [3.63, 3.8) is 0 Å². The number of esters is 2. The molecule has 35 heavy (non-hydrogen) atoms. The van der Waals surface area contributed by atoms with E-state index in [-0.39, 0.29) is 17.2 Å². The number of alkyl halides is 3. The maximum atomic E-state index is 12.3. The molecule has 190 valence electrons. The van der Waals surface area contributed by atoms with Gasteiger partial charge >= 0.3 is 18.1 Å². The Morgan fingerprint density at radius 2 is 1.91 bits per heavy atom. The Morgan fingerprint density at radius 3 is 2.51 bits per heavy atom. The second-order valence-corrected chi connectivity index (χ2v) is 8.43. The summed E-state index contributed by atoms with van der Waals surface area (Å²) >= 11 is 4.42. The number of hydrogen-bond donors (Lipinski definition) is 1. The van der Waals surface area contributed by atoms with Gasteiger partial charge in [-0.2, -0.15) is 13.2 Å². The Labute approximate surface area is 211 Å². The minimum atomic E-state index is -4.53. The fourth-order valence-corrected chi connectivity index (χ4v) is 4.66. The third-order valence-corrected chi connectivity index (χ3v) is 6.41. The van der Waals surface area contributed by atoms with Crippen LogP contribution in [0.1, 0.15) is 22.2 Å². The minimum Gasteiger partial charge on any atom is -0.496 e. The third-order valence-electron chi connectivity index (χ3n) is 4.19. The molecule has 0 atom stereocenters. The SMILES string of the molecule is CCOC(=O)COc1c(C(=O)OC)sc(-c2ccc(OC)c(C=CC(=O)NCC(F)(F)F)c2)c1Br. The molecule has 0 fully saturated rings. The van der Waals surface area contributed by atoms with E-state index in [0.29, 0.717) is 26.2 Å². The molecule has 1 heterocycles. The third kappa shape index (κ3) is 7.99. The van der Waals surface area contributed by atoms with E-state index in [4.69, 9.17) is 18.9 Å². The maximum absolute atomic E-state index is 12.3. The van der Waals surface area contributed by atoms with Gasteiger partial charge in [0.05, 0.1) is 30.2 Å². The minimum absolute atomic E-state index is 0.0874. The summed E-state index contributed by atoms with van der Waals surface area (Å²) in [6.45, 7) is -0.0822. The van der Waals surface area contributed by atoms with Crippen molar-refractivity contribution in [3.8, 4) is 21.9 Å². The van der Waals surface area contributed by atoms with Crippen molar-refractivity contribution < 1.29 is 46.5 Å². The first-order valence-corrected chi connectivity index (χ1v) is 11.5. The van der Waals surface area contributed by atoms with E-state index in [9.17, 15) is 27.6 Å². The predicted octanol–water partition coefficient (Wildman–Crippen LogP) is 4.61. The van der Waals surface area contributed by atoms with Gasteiger partial charge in [-0.05, 0) is 52.7 Å². The van der Waals surface area contributed by atoms with Crippen LogP contribution in [0.25, 0.3) is 16.5 Å². The van der Waals surface area contributed by atoms with E-state index < -0.39 is 37.2 Å². The van der Waals surface area contributed by atoms with Crippen molar-refractivity contribution in [1.29, 1.82) is 0 Å². The smallest absolute Gasteiger partial charge is 0.405 e. The summed E-state index contributed by atoms with van der Waals surface area (Å²) < 4.78 is 57.7. The molecule has 1 aromatic heterocycles. The normalized spacial score (nSPS) is 11.3. The Kier molecular flexibility index (Phi) is 10.1. The number of carbonyl (C=O) groups is 3. The standard InChI is InChI=1S/C22H21BrF3NO7S/c1-4-33-16(29)10-34-18-17(23)19(35-20(18)21(30)32-3)13-5-7-14(31-2)12(9-13)6-8-15(28)27-11-22(24,25)26/h5-9H,4,10-11H2,1-3H3,(H,27,28). The lowest BCUT2D eigenvalue weighted by molar-refractivity contribution is -0.145. The molecule has 13 heteroatoms. The molecule has 0 aliphatic carbocycles. The summed E-state index contributed by atoms with van der Waals surface area (Å²) in [4.78, 5) is 36.4. The highest BCUT2D eigenvalue weighted by atomic mass is 79.9. The number of amides is 1. The molecule has 0 saturated heterocycles. The van der Waals surface area contributed by atoms with Crippen LogP contribution in [0.4, 0.5) is 13.2 Å². The Balaban J connectivity index is 2.41. The first-order chi connectivity index (χ1) is 16.5. The van der Waals surface area contributed by atoms with Gasteiger partial charge in [0.2, 0.25) is 5.91 Å². The van der Waals surface area contributed by atoms with E-state index in [1.807, 2.05) is 0 Å². The number of methoxy groups -OCH3 is 2. The number of ether oxygens (including phenoxy) is 4. The molecule has 1 amide bonds. The summed E-state index contributed by atoms with van der Waals surface area (Å²) in [5, 5.41) is 1.74. The highest BCUT2D eigenvalue weighted by Crippen LogP contribution is 2.46. The van der Waals surface area contributed by atoms with Gasteiger partial charge in [0, 0.05) is 11.6 Å². The van der Waals surface area contributed by atoms with Crippen LogP contribution < -0.4 is 14.8 Å². The number of benzene rings is 1. The van der Waals surface area contributed by atoms with Crippen LogP contribution in [0.2, 0.25) is 0 Å². The van der Waals surface area contributed by atoms with E-state index in [0.717, 1.165) is 17.4 Å². The van der Waals surface area contributed by atoms with Crippen molar-refractivity contribution >= 4 is 51.2 Å². The van der Waals surface area contributed by atoms with Crippen LogP contribution in [0.5, 0.6) is 11.5 Å². The number of carbonyl (C=O) groups excluding carboxylic acids is 3. The van der Waals surface area contributed by atoms with Crippen molar-refractivity contribution in [2.75, 3.05) is 34.0 Å². The molecule has 2 aromatic rings. The van der Waals surface area contributed by atoms with Crippen LogP contribution >= 0.6 is 27.3 Å². The summed E-state index contributed by atoms with van der Waals surface area (Å²) in [5.74, 6) is -1.80. The van der Waals surface area contributed by atoms with Gasteiger partial charge in [-0.25, -0.2) is 9.59 Å². The first kappa shape index (κ1) is 28.2. The summed E-state index contributed by atoms with van der Waals surface area (Å²) in [6.07, 6.45) is -2.28. The van der Waals surface area contributed by atoms with Crippen molar-refractivity contribution in [3.05, 3.63) is 39.2 Å². The molecule has 0 radical (unpaired) electrons. The topological polar surface area (TPSA) is 100 Å². The van der Waals surface area contributed by atoms with Gasteiger partial charge in [0.15, 0.2) is 17.2 Å². The number of rotatable bonds is 10. The predicted molar refractivity (Wildman–Crippen MR) is 126 cm³/mol. The lowest BCUT2D eigenvalue weighted by atomic mass is 10.1. The van der Waals surface area contributed by atoms with Crippen molar-refractivity contribution in [1.82, 2.24) is 5.32 Å². The molecule has 0 aliphatic heterocycles. The molecule has 1 aromatic carbocycles. The van der Waals surface area contributed by atoms with Gasteiger partial charge in [-0.3, -0.25) is 4.79 Å². The van der Waals surface area contributed by atoms with Crippen molar-refractivity contribution in [2.45, 2.75) is 13.1 Å². The van der Waals surface area contributed by atoms with Crippen LogP contribution in [0.15, 0.2) is 28.7 Å². The van der Waals surface area contributed by atoms with E-state index in [2.05, 4.69) is 15.9 Å². The zero-order chi connectivity index (χ0) is 26.2. The van der Waals surface area contributed by atoms with E-state index in [1.54, 1.807) is 30.4 Å². The van der Waals surface area contributed by atoms with E-state index >= 15 is 0 Å². The lowest BCUT2D eigenvalue weighted by Crippen LogP contribution is -2.32. The molecular weight excluding hydrogens is 559 g/mol. The van der Waals surface area contributed by atoms with Crippen LogP contribution in [-0.4, -0.2) is 58.0 Å². The molecular formula is C22H21BrF3NO7S. The highest BCUT2D eigenvalue weighted by molar-refractivity contribution is 9.10. The number of nitrogens with one attached hydrogen (secondary N) is 1. The highest BCUT2D eigenvalue weighted by Gasteiger charge is 2.27. The first-order valence-electron chi connectivity index (χ1n) is 9.90. The van der Waals surface area contributed by atoms with Gasteiger partial charge in [-0.1, -0.05) is 0 Å². The molecule has 2 rings (SSSR count). The molecule has 0 aliphatic rings. The summed E-state index contributed by atoms with van der Waals surface area (Å²) in [6, 6.07) is 4.87. The van der Waals surface area contributed by atoms with Crippen LogP contribution in [-0.2, 0) is 19.1 Å². The Bertz CT molecular complexity index is 1120. The van der Waals surface area contributed by atoms with Gasteiger partial charge in [0.25, 0.3) is 0 Å². The molecule has 1 N–H and O–H groups in total. The Morgan fingerprint density at radius 1 is 1.20 bits per heavy atom. The van der Waals surface area contributed by atoms with Gasteiger partial charge in [-0.15, -0.1) is 11.3 Å². The Hall–Kier alpha value is -3.06. The maximum Gasteiger partial charge on any atom is 0.405 e. The molecule has 8 nitrogen and oxygen atoms in total. The van der Waals surface area contributed by atoms with Gasteiger partial charge in [0.1, 0.15) is 12.3 Å². The second kappa shape index (κ2) is 12.6. The summed E-state index contributed by atoms with van der Waals surface area (Å²) in [7, 11) is 2.60. The zero-order valence-corrected chi connectivity index (χ0v) is 21.2. The molecule has 0 unspecified atom stereocenters. The molecule has 0 bridgehead atoms. The number of thiophene rings is 1.